The standard InChI is InChI=1S/C36H70NO3/c1-5-9-13-17-18-19-20-21-25-29-33-37(34(38)30-26-22-14-10-6-2,35(39)31-27-23-15-11-7-3)36(40)32-28-24-16-12-8-4/h5-33H2,1-4H3/q+1. The Morgan fingerprint density at radius 1 is 0.325 bits per heavy atom. The first kappa shape index (κ1) is 39.0. The minimum Gasteiger partial charge on any atom is -0.230 e. The molecule has 0 spiro atoms. The molecule has 0 bridgehead atoms. The van der Waals surface area contributed by atoms with Gasteiger partial charge in [-0.05, 0) is 32.1 Å². The van der Waals surface area contributed by atoms with Gasteiger partial charge in [0.25, 0.3) is 0 Å². The van der Waals surface area contributed by atoms with Crippen molar-refractivity contribution >= 4 is 17.7 Å². The summed E-state index contributed by atoms with van der Waals surface area (Å²) in [5.74, 6) is -0.321. The molecule has 0 rings (SSSR count). The zero-order valence-electron chi connectivity index (χ0n) is 27.7. The third kappa shape index (κ3) is 18.4. The number of amides is 3. The van der Waals surface area contributed by atoms with Crippen molar-refractivity contribution in [3.05, 3.63) is 0 Å². The van der Waals surface area contributed by atoms with E-state index in [0.29, 0.717) is 25.8 Å². The van der Waals surface area contributed by atoms with Crippen LogP contribution < -0.4 is 0 Å². The monoisotopic (exact) mass is 565 g/mol. The van der Waals surface area contributed by atoms with Crippen molar-refractivity contribution in [1.29, 1.82) is 0 Å². The third-order valence-electron chi connectivity index (χ3n) is 8.61. The molecule has 0 aliphatic heterocycles. The average Bonchev–Trinajstić information content (AvgIpc) is 2.95. The van der Waals surface area contributed by atoms with Gasteiger partial charge < -0.3 is 0 Å². The summed E-state index contributed by atoms with van der Waals surface area (Å²) in [6, 6.07) is 0. The highest BCUT2D eigenvalue weighted by Gasteiger charge is 2.49. The highest BCUT2D eigenvalue weighted by molar-refractivity contribution is 5.97. The van der Waals surface area contributed by atoms with Crippen LogP contribution in [-0.4, -0.2) is 28.7 Å². The normalized spacial score (nSPS) is 11.7. The van der Waals surface area contributed by atoms with Gasteiger partial charge in [0, 0.05) is 0 Å². The van der Waals surface area contributed by atoms with E-state index >= 15 is 0 Å². The lowest BCUT2D eigenvalue weighted by Crippen LogP contribution is -2.61. The number of imide groups is 3. The molecule has 236 valence electrons. The molecule has 0 radical (unpaired) electrons. The van der Waals surface area contributed by atoms with Gasteiger partial charge in [0.1, 0.15) is 6.54 Å². The van der Waals surface area contributed by atoms with Crippen LogP contribution in [0.2, 0.25) is 0 Å². The Labute approximate surface area is 250 Å². The van der Waals surface area contributed by atoms with Crippen LogP contribution in [0.1, 0.15) is 207 Å². The summed E-state index contributed by atoms with van der Waals surface area (Å²) in [6.45, 7) is 9.23. The summed E-state index contributed by atoms with van der Waals surface area (Å²) in [5.41, 5.74) is 0. The zero-order valence-corrected chi connectivity index (χ0v) is 27.7. The maximum Gasteiger partial charge on any atom is 0.328 e. The molecule has 0 unspecified atom stereocenters. The van der Waals surface area contributed by atoms with E-state index in [1.54, 1.807) is 0 Å². The molecule has 4 nitrogen and oxygen atoms in total. The molecule has 0 atom stereocenters. The first-order valence-corrected chi connectivity index (χ1v) is 18.0. The van der Waals surface area contributed by atoms with Crippen LogP contribution in [0.3, 0.4) is 0 Å². The number of rotatable bonds is 29. The first-order valence-electron chi connectivity index (χ1n) is 18.0. The van der Waals surface area contributed by atoms with Crippen LogP contribution in [0.15, 0.2) is 0 Å². The predicted octanol–water partition coefficient (Wildman–Crippen LogP) is 11.4. The number of nitrogens with zero attached hydrogens (tertiary/aromatic N) is 1. The Kier molecular flexibility index (Phi) is 27.4. The molecule has 3 amide bonds. The molecule has 0 fully saturated rings. The van der Waals surface area contributed by atoms with Crippen LogP contribution in [0.5, 0.6) is 0 Å². The van der Waals surface area contributed by atoms with Crippen molar-refractivity contribution in [3.63, 3.8) is 0 Å². The van der Waals surface area contributed by atoms with Crippen LogP contribution in [0.25, 0.3) is 0 Å². The van der Waals surface area contributed by atoms with E-state index in [1.807, 2.05) is 0 Å². The molecule has 0 saturated heterocycles. The van der Waals surface area contributed by atoms with Crippen molar-refractivity contribution in [2.45, 2.75) is 207 Å². The van der Waals surface area contributed by atoms with Crippen molar-refractivity contribution in [1.82, 2.24) is 0 Å². The lowest BCUT2D eigenvalue weighted by atomic mass is 10.0. The summed E-state index contributed by atoms with van der Waals surface area (Å²) in [5, 5.41) is 0. The molecule has 0 aliphatic rings. The number of hydrogen-bond donors (Lipinski definition) is 0. The number of unbranched alkanes of at least 4 members (excludes halogenated alkanes) is 21. The summed E-state index contributed by atoms with van der Waals surface area (Å²) >= 11 is 0. The van der Waals surface area contributed by atoms with Crippen molar-refractivity contribution in [2.24, 2.45) is 0 Å². The van der Waals surface area contributed by atoms with E-state index in [0.717, 1.165) is 77.0 Å². The van der Waals surface area contributed by atoms with Crippen LogP contribution >= 0.6 is 0 Å². The number of carbonyl (C=O) groups is 3. The van der Waals surface area contributed by atoms with Crippen molar-refractivity contribution < 1.29 is 18.9 Å². The Balaban J connectivity index is 5.36. The van der Waals surface area contributed by atoms with Crippen LogP contribution in [0, 0.1) is 0 Å². The van der Waals surface area contributed by atoms with Crippen molar-refractivity contribution in [3.8, 4) is 0 Å². The SMILES string of the molecule is CCCCCCCCCCCC[N+](C(=O)CCCCCCC)(C(=O)CCCCCCC)C(=O)CCCCCCC. The topological polar surface area (TPSA) is 51.2 Å². The van der Waals surface area contributed by atoms with Gasteiger partial charge in [-0.3, -0.25) is 0 Å². The predicted molar refractivity (Wildman–Crippen MR) is 172 cm³/mol. The molecule has 0 heterocycles. The fourth-order valence-electron chi connectivity index (χ4n) is 5.84. The van der Waals surface area contributed by atoms with Crippen molar-refractivity contribution in [2.75, 3.05) is 6.54 Å². The molecule has 0 aliphatic carbocycles. The number of carbonyl (C=O) groups excluding carboxylic acids is 3. The summed E-state index contributed by atoms with van der Waals surface area (Å²) in [7, 11) is 0. The lowest BCUT2D eigenvalue weighted by Gasteiger charge is -2.31. The summed E-state index contributed by atoms with van der Waals surface area (Å²) < 4.78 is -0.480. The lowest BCUT2D eigenvalue weighted by molar-refractivity contribution is -0.704. The molecule has 0 N–H and O–H groups in total. The second-order valence-electron chi connectivity index (χ2n) is 12.4. The summed E-state index contributed by atoms with van der Waals surface area (Å²) in [4.78, 5) is 41.6. The minimum absolute atomic E-state index is 0.107. The second kappa shape index (κ2) is 28.1. The molecular weight excluding hydrogens is 494 g/mol. The van der Waals surface area contributed by atoms with E-state index in [2.05, 4.69) is 27.7 Å². The van der Waals surface area contributed by atoms with Gasteiger partial charge in [-0.2, -0.15) is 0 Å². The van der Waals surface area contributed by atoms with Gasteiger partial charge in [0.15, 0.2) is 0 Å². The van der Waals surface area contributed by atoms with E-state index in [9.17, 15) is 14.4 Å². The minimum atomic E-state index is -0.480. The van der Waals surface area contributed by atoms with Crippen LogP contribution in [0.4, 0.5) is 0 Å². The highest BCUT2D eigenvalue weighted by atomic mass is 16.2. The molecule has 0 aromatic carbocycles. The molecule has 40 heavy (non-hydrogen) atoms. The molecule has 4 heteroatoms. The fraction of sp³-hybridized carbons (Fsp3) is 0.917. The Hall–Kier alpha value is -1.03. The average molecular weight is 565 g/mol. The molecular formula is C36H70NO3+. The van der Waals surface area contributed by atoms with Gasteiger partial charge in [-0.1, -0.05) is 156 Å². The first-order chi connectivity index (χ1) is 19.5. The Morgan fingerprint density at radius 3 is 0.825 bits per heavy atom. The van der Waals surface area contributed by atoms with Gasteiger partial charge in [0.05, 0.1) is 19.3 Å². The Bertz CT molecular complexity index is 551. The van der Waals surface area contributed by atoms with Gasteiger partial charge in [-0.15, -0.1) is 4.48 Å². The van der Waals surface area contributed by atoms with E-state index in [-0.39, 0.29) is 17.7 Å². The quantitative estimate of drug-likeness (QED) is 0.0670. The molecule has 0 aromatic heterocycles. The van der Waals surface area contributed by atoms with Gasteiger partial charge in [-0.25, -0.2) is 14.4 Å². The van der Waals surface area contributed by atoms with Gasteiger partial charge >= 0.3 is 17.7 Å². The van der Waals surface area contributed by atoms with E-state index in [4.69, 9.17) is 0 Å². The van der Waals surface area contributed by atoms with E-state index in [1.165, 1.54) is 83.5 Å². The Morgan fingerprint density at radius 2 is 0.550 bits per heavy atom. The largest absolute Gasteiger partial charge is 0.328 e. The fourth-order valence-corrected chi connectivity index (χ4v) is 5.84. The second-order valence-corrected chi connectivity index (χ2v) is 12.4. The maximum atomic E-state index is 13.9. The van der Waals surface area contributed by atoms with Crippen LogP contribution in [-0.2, 0) is 14.4 Å². The maximum absolute atomic E-state index is 13.9. The van der Waals surface area contributed by atoms with Gasteiger partial charge in [0.2, 0.25) is 0 Å². The highest BCUT2D eigenvalue weighted by Crippen LogP contribution is 2.24. The smallest absolute Gasteiger partial charge is 0.230 e. The summed E-state index contributed by atoms with van der Waals surface area (Å²) in [6.07, 6.45) is 29.0. The number of quaternary nitrogens is 1. The third-order valence-corrected chi connectivity index (χ3v) is 8.61. The number of hydrogen-bond acceptors (Lipinski definition) is 3. The van der Waals surface area contributed by atoms with E-state index < -0.39 is 4.48 Å². The molecule has 0 saturated carbocycles. The molecule has 0 aromatic rings. The zero-order chi connectivity index (χ0) is 29.7.